The molecule has 2 fully saturated rings. The van der Waals surface area contributed by atoms with E-state index in [-0.39, 0.29) is 13.2 Å². The number of hydrogen-bond acceptors (Lipinski definition) is 6. The van der Waals surface area contributed by atoms with Crippen LogP contribution in [0.4, 0.5) is 0 Å². The van der Waals surface area contributed by atoms with E-state index in [9.17, 15) is 10.2 Å². The zero-order valence-electron chi connectivity index (χ0n) is 14.8. The number of hydrogen-bond donors (Lipinski definition) is 2. The summed E-state index contributed by atoms with van der Waals surface area (Å²) < 4.78 is 23.4. The van der Waals surface area contributed by atoms with Crippen LogP contribution in [-0.2, 0) is 18.9 Å². The highest BCUT2D eigenvalue weighted by atomic mass is 35.5. The van der Waals surface area contributed by atoms with Gasteiger partial charge >= 0.3 is 0 Å². The molecule has 2 N–H and O–H groups in total. The Morgan fingerprint density at radius 2 is 1.54 bits per heavy atom. The van der Waals surface area contributed by atoms with E-state index in [0.717, 1.165) is 5.56 Å². The van der Waals surface area contributed by atoms with E-state index in [1.807, 2.05) is 12.1 Å². The molecule has 0 aliphatic carbocycles. The Labute approximate surface area is 172 Å². The van der Waals surface area contributed by atoms with Gasteiger partial charge in [0.25, 0.3) is 0 Å². The highest BCUT2D eigenvalue weighted by Gasteiger charge is 2.46. The summed E-state index contributed by atoms with van der Waals surface area (Å²) in [4.78, 5) is 0. The Bertz CT molecular complexity index is 819. The second kappa shape index (κ2) is 8.65. The molecule has 2 saturated heterocycles. The average molecular weight is 427 g/mol. The van der Waals surface area contributed by atoms with Gasteiger partial charge in [0, 0.05) is 21.2 Å². The van der Waals surface area contributed by atoms with Crippen molar-refractivity contribution in [2.75, 3.05) is 13.2 Å². The minimum atomic E-state index is -1.08. The van der Waals surface area contributed by atoms with Gasteiger partial charge in [-0.3, -0.25) is 0 Å². The van der Waals surface area contributed by atoms with E-state index < -0.39 is 37.0 Å². The van der Waals surface area contributed by atoms with Crippen LogP contribution >= 0.6 is 23.2 Å². The normalized spacial score (nSPS) is 33.1. The SMILES string of the molecule is OC[C@H]1OC(c2cccc(Cl)c2)O[C@H]([C@@H]2COC(c3cccc(Cl)c3)O2)[C@@H]1O. The van der Waals surface area contributed by atoms with Crippen LogP contribution in [0.3, 0.4) is 0 Å². The second-order valence-corrected chi connectivity index (χ2v) is 7.60. The van der Waals surface area contributed by atoms with Crippen molar-refractivity contribution in [1.29, 1.82) is 0 Å². The summed E-state index contributed by atoms with van der Waals surface area (Å²) >= 11 is 12.1. The molecule has 2 aromatic rings. The van der Waals surface area contributed by atoms with Crippen LogP contribution in [0.25, 0.3) is 0 Å². The van der Waals surface area contributed by atoms with Crippen molar-refractivity contribution in [2.24, 2.45) is 0 Å². The van der Waals surface area contributed by atoms with Crippen LogP contribution in [0, 0.1) is 0 Å². The van der Waals surface area contributed by atoms with Crippen molar-refractivity contribution < 1.29 is 29.2 Å². The Morgan fingerprint density at radius 3 is 2.14 bits per heavy atom. The summed E-state index contributed by atoms with van der Waals surface area (Å²) in [6, 6.07) is 14.2. The van der Waals surface area contributed by atoms with Gasteiger partial charge in [-0.25, -0.2) is 0 Å². The lowest BCUT2D eigenvalue weighted by Gasteiger charge is -2.40. The number of aliphatic hydroxyl groups excluding tert-OH is 2. The summed E-state index contributed by atoms with van der Waals surface area (Å²) in [7, 11) is 0. The Morgan fingerprint density at radius 1 is 0.893 bits per heavy atom. The fourth-order valence-corrected chi connectivity index (χ4v) is 3.79. The predicted molar refractivity (Wildman–Crippen MR) is 102 cm³/mol. The molecule has 0 saturated carbocycles. The maximum Gasteiger partial charge on any atom is 0.185 e. The number of ether oxygens (including phenoxy) is 4. The first kappa shape index (κ1) is 20.1. The number of rotatable bonds is 4. The van der Waals surface area contributed by atoms with Gasteiger partial charge in [0.15, 0.2) is 12.6 Å². The molecule has 0 bridgehead atoms. The summed E-state index contributed by atoms with van der Waals surface area (Å²) in [5, 5.41) is 21.4. The monoisotopic (exact) mass is 426 g/mol. The summed E-state index contributed by atoms with van der Waals surface area (Å²) in [5.74, 6) is 0. The van der Waals surface area contributed by atoms with E-state index in [4.69, 9.17) is 42.1 Å². The molecule has 2 heterocycles. The first-order chi connectivity index (χ1) is 13.5. The molecule has 0 spiro atoms. The lowest BCUT2D eigenvalue weighted by Crippen LogP contribution is -2.54. The fraction of sp³-hybridized carbons (Fsp3) is 0.400. The molecule has 2 aromatic carbocycles. The molecule has 0 radical (unpaired) electrons. The van der Waals surface area contributed by atoms with Gasteiger partial charge < -0.3 is 29.2 Å². The van der Waals surface area contributed by atoms with Gasteiger partial charge in [0.05, 0.1) is 13.2 Å². The fourth-order valence-electron chi connectivity index (χ4n) is 3.39. The molecule has 6 atom stereocenters. The van der Waals surface area contributed by atoms with Crippen molar-refractivity contribution >= 4 is 23.2 Å². The third kappa shape index (κ3) is 4.20. The molecule has 150 valence electrons. The van der Waals surface area contributed by atoms with E-state index in [1.165, 1.54) is 0 Å². The summed E-state index contributed by atoms with van der Waals surface area (Å²) in [6.45, 7) is -0.136. The van der Waals surface area contributed by atoms with Crippen molar-refractivity contribution in [3.8, 4) is 0 Å². The van der Waals surface area contributed by atoms with E-state index in [0.29, 0.717) is 15.6 Å². The Hall–Kier alpha value is -1.22. The highest BCUT2D eigenvalue weighted by molar-refractivity contribution is 6.30. The molecule has 2 unspecified atom stereocenters. The molecule has 0 amide bonds. The molecular formula is C20H20Cl2O6. The second-order valence-electron chi connectivity index (χ2n) is 6.73. The lowest BCUT2D eigenvalue weighted by atomic mass is 10.0. The van der Waals surface area contributed by atoms with Gasteiger partial charge in [-0.2, -0.15) is 0 Å². The number of benzene rings is 2. The minimum absolute atomic E-state index is 0.222. The average Bonchev–Trinajstić information content (AvgIpc) is 3.18. The van der Waals surface area contributed by atoms with Crippen LogP contribution in [0.15, 0.2) is 48.5 Å². The molecule has 4 rings (SSSR count). The third-order valence-electron chi connectivity index (χ3n) is 4.79. The zero-order chi connectivity index (χ0) is 19.7. The van der Waals surface area contributed by atoms with Crippen LogP contribution in [-0.4, -0.2) is 47.8 Å². The maximum absolute atomic E-state index is 10.6. The van der Waals surface area contributed by atoms with Crippen LogP contribution in [0.2, 0.25) is 10.0 Å². The molecule has 2 aliphatic heterocycles. The van der Waals surface area contributed by atoms with Gasteiger partial charge in [0.2, 0.25) is 0 Å². The summed E-state index contributed by atoms with van der Waals surface area (Å²) in [6.07, 6.45) is -4.60. The topological polar surface area (TPSA) is 77.4 Å². The molecule has 8 heteroatoms. The van der Waals surface area contributed by atoms with Gasteiger partial charge in [-0.05, 0) is 24.3 Å². The van der Waals surface area contributed by atoms with Gasteiger partial charge in [-0.15, -0.1) is 0 Å². The first-order valence-corrected chi connectivity index (χ1v) is 9.68. The first-order valence-electron chi connectivity index (χ1n) is 8.93. The zero-order valence-corrected chi connectivity index (χ0v) is 16.3. The summed E-state index contributed by atoms with van der Waals surface area (Å²) in [5.41, 5.74) is 1.47. The Kier molecular flexibility index (Phi) is 6.20. The molecule has 0 aromatic heterocycles. The van der Waals surface area contributed by atoms with E-state index >= 15 is 0 Å². The highest BCUT2D eigenvalue weighted by Crippen LogP contribution is 2.37. The molecule has 6 nitrogen and oxygen atoms in total. The lowest BCUT2D eigenvalue weighted by molar-refractivity contribution is -0.310. The van der Waals surface area contributed by atoms with Crippen LogP contribution < -0.4 is 0 Å². The number of halogens is 2. The Balaban J connectivity index is 1.52. The van der Waals surface area contributed by atoms with Crippen LogP contribution in [0.1, 0.15) is 23.7 Å². The molecular weight excluding hydrogens is 407 g/mol. The van der Waals surface area contributed by atoms with Gasteiger partial charge in [-0.1, -0.05) is 47.5 Å². The van der Waals surface area contributed by atoms with E-state index in [2.05, 4.69) is 0 Å². The minimum Gasteiger partial charge on any atom is -0.394 e. The van der Waals surface area contributed by atoms with Crippen molar-refractivity contribution in [3.63, 3.8) is 0 Å². The standard InChI is InChI=1S/C20H20Cl2O6/c21-13-5-1-3-11(7-13)19-25-10-16(27-19)18-17(24)15(9-23)26-20(28-18)12-4-2-6-14(22)8-12/h1-8,15-20,23-24H,9-10H2/t15-,16+,17-,18-,19?,20?/m1/s1. The predicted octanol–water partition coefficient (Wildman–Crippen LogP) is 3.24. The van der Waals surface area contributed by atoms with Crippen molar-refractivity contribution in [1.82, 2.24) is 0 Å². The largest absolute Gasteiger partial charge is 0.394 e. The number of aliphatic hydroxyl groups is 2. The van der Waals surface area contributed by atoms with Crippen molar-refractivity contribution in [3.05, 3.63) is 69.7 Å². The third-order valence-corrected chi connectivity index (χ3v) is 5.27. The maximum atomic E-state index is 10.6. The van der Waals surface area contributed by atoms with E-state index in [1.54, 1.807) is 36.4 Å². The quantitative estimate of drug-likeness (QED) is 0.781. The molecule has 28 heavy (non-hydrogen) atoms. The smallest absolute Gasteiger partial charge is 0.185 e. The van der Waals surface area contributed by atoms with Gasteiger partial charge in [0.1, 0.15) is 24.4 Å². The molecule has 2 aliphatic rings. The van der Waals surface area contributed by atoms with Crippen molar-refractivity contribution in [2.45, 2.75) is 37.0 Å². The van der Waals surface area contributed by atoms with Crippen LogP contribution in [0.5, 0.6) is 0 Å².